The van der Waals surface area contributed by atoms with Crippen LogP contribution < -0.4 is 14.5 Å². The standard InChI is InChI=1S/C33H41FN6O3.C2H3N/c1-25-6-2-7-26-8-3-9-29(31(25)26)40-14-11-27-28(24-40)35-33(43-23-20-37-13-5-21-42-22-19-37)36-32(27)39-17-15-38(16-18-39)30(41)10-4-12-34;1-2-3/h2-4,6-10H,5,11-24H2,1H3;1H3/b10-4+;. The van der Waals surface area contributed by atoms with Crippen molar-refractivity contribution in [1.29, 1.82) is 5.26 Å². The lowest BCUT2D eigenvalue weighted by Gasteiger charge is -2.38. The van der Waals surface area contributed by atoms with Gasteiger partial charge in [-0.1, -0.05) is 30.3 Å². The van der Waals surface area contributed by atoms with Gasteiger partial charge in [-0.15, -0.1) is 0 Å². The maximum Gasteiger partial charge on any atom is 0.318 e. The van der Waals surface area contributed by atoms with E-state index in [0.717, 1.165) is 69.3 Å². The second-order valence-electron chi connectivity index (χ2n) is 11.6. The van der Waals surface area contributed by atoms with E-state index in [1.165, 1.54) is 41.1 Å². The largest absolute Gasteiger partial charge is 0.462 e. The second kappa shape index (κ2) is 16.3. The van der Waals surface area contributed by atoms with Gasteiger partial charge >= 0.3 is 6.01 Å². The summed E-state index contributed by atoms with van der Waals surface area (Å²) in [6.07, 6.45) is 4.44. The summed E-state index contributed by atoms with van der Waals surface area (Å²) in [5.74, 6) is 0.759. The van der Waals surface area contributed by atoms with Crippen molar-refractivity contribution in [2.45, 2.75) is 33.2 Å². The Hall–Kier alpha value is -4.27. The Balaban J connectivity index is 0.00000134. The van der Waals surface area contributed by atoms with Crippen LogP contribution in [0, 0.1) is 18.3 Å². The van der Waals surface area contributed by atoms with Crippen molar-refractivity contribution in [2.75, 3.05) is 88.7 Å². The zero-order chi connectivity index (χ0) is 32.3. The summed E-state index contributed by atoms with van der Waals surface area (Å²) in [6, 6.07) is 15.1. The predicted molar refractivity (Wildman–Crippen MR) is 178 cm³/mol. The van der Waals surface area contributed by atoms with Crippen molar-refractivity contribution in [2.24, 2.45) is 0 Å². The molecular weight excluding hydrogens is 585 g/mol. The van der Waals surface area contributed by atoms with Crippen LogP contribution in [0.1, 0.15) is 30.2 Å². The van der Waals surface area contributed by atoms with Gasteiger partial charge in [0.05, 0.1) is 24.9 Å². The third-order valence-electron chi connectivity index (χ3n) is 8.65. The van der Waals surface area contributed by atoms with Gasteiger partial charge in [-0.3, -0.25) is 9.69 Å². The van der Waals surface area contributed by atoms with E-state index < -0.39 is 6.67 Å². The van der Waals surface area contributed by atoms with E-state index in [4.69, 9.17) is 24.7 Å². The van der Waals surface area contributed by atoms with Gasteiger partial charge in [0, 0.05) is 88.6 Å². The van der Waals surface area contributed by atoms with E-state index in [1.807, 2.05) is 0 Å². The second-order valence-corrected chi connectivity index (χ2v) is 11.6. The smallest absolute Gasteiger partial charge is 0.318 e. The molecule has 2 saturated heterocycles. The Kier molecular flexibility index (Phi) is 11.8. The number of aromatic nitrogens is 2. The molecule has 46 heavy (non-hydrogen) atoms. The van der Waals surface area contributed by atoms with Crippen LogP contribution in [0.25, 0.3) is 10.8 Å². The molecule has 0 N–H and O–H groups in total. The molecule has 0 unspecified atom stereocenters. The molecule has 1 aromatic heterocycles. The number of alkyl halides is 1. The van der Waals surface area contributed by atoms with Crippen LogP contribution in [0.4, 0.5) is 15.9 Å². The lowest BCUT2D eigenvalue weighted by atomic mass is 9.99. The number of ether oxygens (including phenoxy) is 2. The minimum absolute atomic E-state index is 0.147. The van der Waals surface area contributed by atoms with Crippen LogP contribution in [0.2, 0.25) is 0 Å². The van der Waals surface area contributed by atoms with E-state index in [0.29, 0.717) is 45.3 Å². The predicted octanol–water partition coefficient (Wildman–Crippen LogP) is 4.31. The minimum Gasteiger partial charge on any atom is -0.462 e. The summed E-state index contributed by atoms with van der Waals surface area (Å²) in [4.78, 5) is 31.2. The summed E-state index contributed by atoms with van der Waals surface area (Å²) in [5, 5.41) is 9.84. The number of aryl methyl sites for hydroxylation is 1. The molecule has 3 aliphatic rings. The van der Waals surface area contributed by atoms with Crippen molar-refractivity contribution in [3.05, 3.63) is 65.4 Å². The highest BCUT2D eigenvalue weighted by atomic mass is 19.1. The van der Waals surface area contributed by atoms with E-state index in [2.05, 4.69) is 58.0 Å². The summed E-state index contributed by atoms with van der Waals surface area (Å²) < 4.78 is 24.4. The lowest BCUT2D eigenvalue weighted by Crippen LogP contribution is -2.49. The summed E-state index contributed by atoms with van der Waals surface area (Å²) >= 11 is 0. The number of hydrogen-bond donors (Lipinski definition) is 0. The number of nitriles is 1. The first-order valence-corrected chi connectivity index (χ1v) is 16.2. The van der Waals surface area contributed by atoms with Crippen LogP contribution in [0.5, 0.6) is 6.01 Å². The minimum atomic E-state index is -0.636. The van der Waals surface area contributed by atoms with Crippen LogP contribution in [-0.2, 0) is 22.5 Å². The van der Waals surface area contributed by atoms with Gasteiger partial charge in [-0.2, -0.15) is 15.2 Å². The summed E-state index contributed by atoms with van der Waals surface area (Å²) in [7, 11) is 0. The molecule has 1 amide bonds. The molecule has 10 nitrogen and oxygen atoms in total. The number of fused-ring (bicyclic) bond motifs is 2. The van der Waals surface area contributed by atoms with Gasteiger partial charge in [-0.25, -0.2) is 4.39 Å². The fourth-order valence-electron chi connectivity index (χ4n) is 6.37. The molecule has 6 rings (SSSR count). The van der Waals surface area contributed by atoms with Crippen molar-refractivity contribution < 1.29 is 18.7 Å². The number of carbonyl (C=O) groups excluding carboxylic acids is 1. The van der Waals surface area contributed by atoms with Crippen molar-refractivity contribution in [1.82, 2.24) is 19.8 Å². The molecule has 3 aliphatic heterocycles. The zero-order valence-electron chi connectivity index (χ0n) is 27.0. The highest BCUT2D eigenvalue weighted by Gasteiger charge is 2.29. The average Bonchev–Trinajstić information content (AvgIpc) is 3.36. The van der Waals surface area contributed by atoms with Crippen molar-refractivity contribution in [3.63, 3.8) is 0 Å². The van der Waals surface area contributed by atoms with Crippen molar-refractivity contribution >= 4 is 28.2 Å². The molecule has 2 fully saturated rings. The molecule has 0 aliphatic carbocycles. The number of piperazine rings is 1. The number of halogens is 1. The first-order chi connectivity index (χ1) is 22.5. The Morgan fingerprint density at radius 3 is 2.61 bits per heavy atom. The maximum atomic E-state index is 12.5. The monoisotopic (exact) mass is 629 g/mol. The number of nitrogens with zero attached hydrogens (tertiary/aromatic N) is 7. The Labute approximate surface area is 271 Å². The summed E-state index contributed by atoms with van der Waals surface area (Å²) in [6.45, 7) is 11.7. The van der Waals surface area contributed by atoms with Crippen molar-refractivity contribution in [3.8, 4) is 12.1 Å². The van der Waals surface area contributed by atoms with Crippen LogP contribution in [0.3, 0.4) is 0 Å². The molecule has 3 aromatic rings. The lowest BCUT2D eigenvalue weighted by molar-refractivity contribution is -0.126. The third-order valence-corrected chi connectivity index (χ3v) is 8.65. The number of allylic oxidation sites excluding steroid dienone is 1. The molecule has 0 spiro atoms. The van der Waals surface area contributed by atoms with Gasteiger partial charge in [0.2, 0.25) is 5.91 Å². The third kappa shape index (κ3) is 8.11. The van der Waals surface area contributed by atoms with E-state index in [-0.39, 0.29) is 5.91 Å². The van der Waals surface area contributed by atoms with Crippen LogP contribution in [0.15, 0.2) is 48.6 Å². The summed E-state index contributed by atoms with van der Waals surface area (Å²) in [5.41, 5.74) is 4.63. The quantitative estimate of drug-likeness (QED) is 0.338. The topological polar surface area (TPSA) is 98.1 Å². The average molecular weight is 630 g/mol. The van der Waals surface area contributed by atoms with Crippen LogP contribution >= 0.6 is 0 Å². The number of benzene rings is 2. The fraction of sp³-hybridized carbons (Fsp3) is 0.486. The highest BCUT2D eigenvalue weighted by Crippen LogP contribution is 2.35. The Morgan fingerprint density at radius 1 is 1.04 bits per heavy atom. The van der Waals surface area contributed by atoms with Gasteiger partial charge in [0.15, 0.2) is 0 Å². The van der Waals surface area contributed by atoms with Gasteiger partial charge in [0.25, 0.3) is 0 Å². The first kappa shape index (κ1) is 33.1. The van der Waals surface area contributed by atoms with E-state index in [1.54, 1.807) is 11.0 Å². The molecule has 11 heteroatoms. The number of carbonyl (C=O) groups is 1. The molecule has 0 saturated carbocycles. The number of amides is 1. The van der Waals surface area contributed by atoms with Gasteiger partial charge in [-0.05, 0) is 42.9 Å². The van der Waals surface area contributed by atoms with Gasteiger partial charge < -0.3 is 24.2 Å². The molecule has 4 heterocycles. The number of rotatable bonds is 8. The SMILES string of the molecule is CC#N.Cc1cccc2cccc(N3CCc4c(nc(OCCN5CCCOCC5)nc4N4CCN(C(=O)/C=C/CF)CC4)C3)c12. The van der Waals surface area contributed by atoms with Gasteiger partial charge in [0.1, 0.15) is 19.1 Å². The Morgan fingerprint density at radius 2 is 1.83 bits per heavy atom. The fourth-order valence-corrected chi connectivity index (χ4v) is 6.37. The first-order valence-electron chi connectivity index (χ1n) is 16.2. The number of anilines is 2. The normalized spacial score (nSPS) is 17.2. The van der Waals surface area contributed by atoms with Crippen LogP contribution in [-0.4, -0.2) is 105 Å². The maximum absolute atomic E-state index is 12.5. The number of hydrogen-bond acceptors (Lipinski definition) is 9. The molecule has 0 bridgehead atoms. The molecule has 0 radical (unpaired) electrons. The zero-order valence-corrected chi connectivity index (χ0v) is 27.0. The van der Waals surface area contributed by atoms with E-state index >= 15 is 0 Å². The molecule has 244 valence electrons. The van der Waals surface area contributed by atoms with E-state index in [9.17, 15) is 9.18 Å². The highest BCUT2D eigenvalue weighted by molar-refractivity contribution is 5.97. The molecular formula is C35H44FN7O3. The molecule has 2 aromatic carbocycles. The molecule has 0 atom stereocenters. The Bertz CT molecular complexity index is 1540.